The second-order valence-corrected chi connectivity index (χ2v) is 14.7. The Bertz CT molecular complexity index is 1300. The van der Waals surface area contributed by atoms with E-state index in [1.54, 1.807) is 37.8 Å². The van der Waals surface area contributed by atoms with Gasteiger partial charge >= 0.3 is 5.97 Å². The highest BCUT2D eigenvalue weighted by atomic mass is 16.5. The van der Waals surface area contributed by atoms with Gasteiger partial charge in [0, 0.05) is 34.2 Å². The Kier molecular flexibility index (Phi) is 18.2. The number of rotatable bonds is 20. The lowest BCUT2D eigenvalue weighted by Crippen LogP contribution is -2.57. The van der Waals surface area contributed by atoms with Crippen LogP contribution in [0.3, 0.4) is 0 Å². The molecule has 1 saturated heterocycles. The molecule has 1 aliphatic rings. The van der Waals surface area contributed by atoms with E-state index in [0.717, 1.165) is 18.4 Å². The fourth-order valence-electron chi connectivity index (χ4n) is 7.59. The molecule has 0 bridgehead atoms. The van der Waals surface area contributed by atoms with Gasteiger partial charge in [-0.25, -0.2) is 4.79 Å². The van der Waals surface area contributed by atoms with Crippen LogP contribution in [0.2, 0.25) is 0 Å². The van der Waals surface area contributed by atoms with Gasteiger partial charge in [0.1, 0.15) is 12.1 Å². The summed E-state index contributed by atoms with van der Waals surface area (Å²) in [5, 5.41) is 5.75. The number of amides is 4. The molecule has 13 heteroatoms. The van der Waals surface area contributed by atoms with Gasteiger partial charge in [-0.15, -0.1) is 0 Å². The molecule has 2 rings (SSSR count). The first-order valence-electron chi connectivity index (χ1n) is 18.5. The molecule has 0 aromatic heterocycles. The number of carbonyl (C=O) groups is 5. The largest absolute Gasteiger partial charge is 0.467 e. The van der Waals surface area contributed by atoms with E-state index in [4.69, 9.17) is 14.2 Å². The standard InChI is InChI=1S/C39H65N5O8/c1-13-25(4)34(43(9)38(48)27(6)40-37(47)33(24(2)3)42(7)8)31(50-10)23-32(45)44-21-17-20-30(44)35(51-11)26(5)36(46)41-29(39(49)52-12)22-28-18-15-14-16-19-28/h14-16,18-19,24-27,29-31,33-35H,13,17,20-23H2,1-12H3,(H,40,47)(H,41,46)/t25-,26+,27-,29-,30-,31+,33-,34-,35+/m0/s1. The first kappa shape index (κ1) is 44.6. The van der Waals surface area contributed by atoms with Crippen LogP contribution in [0, 0.1) is 17.8 Å². The zero-order chi connectivity index (χ0) is 39.3. The van der Waals surface area contributed by atoms with Crippen molar-refractivity contribution in [1.82, 2.24) is 25.3 Å². The van der Waals surface area contributed by atoms with Crippen molar-refractivity contribution in [1.29, 1.82) is 0 Å². The third kappa shape index (κ3) is 11.7. The number of nitrogens with one attached hydrogen (secondary N) is 2. The van der Waals surface area contributed by atoms with Gasteiger partial charge in [-0.1, -0.05) is 71.4 Å². The van der Waals surface area contributed by atoms with E-state index >= 15 is 0 Å². The molecule has 0 aliphatic carbocycles. The van der Waals surface area contributed by atoms with E-state index in [0.29, 0.717) is 13.0 Å². The smallest absolute Gasteiger partial charge is 0.328 e. The lowest BCUT2D eigenvalue weighted by molar-refractivity contribution is -0.148. The summed E-state index contributed by atoms with van der Waals surface area (Å²) in [6.45, 7) is 11.9. The summed E-state index contributed by atoms with van der Waals surface area (Å²) in [7, 11) is 9.73. The summed E-state index contributed by atoms with van der Waals surface area (Å²) in [4.78, 5) is 72.5. The monoisotopic (exact) mass is 731 g/mol. The van der Waals surface area contributed by atoms with Crippen molar-refractivity contribution < 1.29 is 38.2 Å². The van der Waals surface area contributed by atoms with E-state index in [9.17, 15) is 24.0 Å². The molecule has 4 amide bonds. The highest BCUT2D eigenvalue weighted by molar-refractivity contribution is 5.90. The van der Waals surface area contributed by atoms with Gasteiger partial charge in [-0.05, 0) is 51.3 Å². The summed E-state index contributed by atoms with van der Waals surface area (Å²) < 4.78 is 16.8. The molecule has 0 radical (unpaired) electrons. The topological polar surface area (TPSA) is 147 Å². The van der Waals surface area contributed by atoms with Crippen molar-refractivity contribution in [2.45, 2.75) is 116 Å². The quantitative estimate of drug-likeness (QED) is 0.193. The van der Waals surface area contributed by atoms with E-state index in [1.165, 1.54) is 14.2 Å². The molecule has 2 N–H and O–H groups in total. The van der Waals surface area contributed by atoms with Crippen molar-refractivity contribution in [2.75, 3.05) is 49.0 Å². The van der Waals surface area contributed by atoms with Crippen molar-refractivity contribution in [3.63, 3.8) is 0 Å². The molecule has 13 nitrogen and oxygen atoms in total. The van der Waals surface area contributed by atoms with Gasteiger partial charge in [0.15, 0.2) is 0 Å². The predicted octanol–water partition coefficient (Wildman–Crippen LogP) is 2.90. The van der Waals surface area contributed by atoms with Crippen LogP contribution < -0.4 is 10.6 Å². The minimum atomic E-state index is -0.888. The summed E-state index contributed by atoms with van der Waals surface area (Å²) in [5.41, 5.74) is 0.876. The van der Waals surface area contributed by atoms with Gasteiger partial charge in [0.25, 0.3) is 0 Å². The number of benzene rings is 1. The maximum absolute atomic E-state index is 14.1. The number of nitrogens with zero attached hydrogens (tertiary/aromatic N) is 3. The van der Waals surface area contributed by atoms with Crippen molar-refractivity contribution in [2.24, 2.45) is 17.8 Å². The van der Waals surface area contributed by atoms with Crippen molar-refractivity contribution in [3.8, 4) is 0 Å². The number of esters is 1. The van der Waals surface area contributed by atoms with Crippen LogP contribution in [0.4, 0.5) is 0 Å². The summed E-state index contributed by atoms with van der Waals surface area (Å²) >= 11 is 0. The van der Waals surface area contributed by atoms with E-state index in [2.05, 4.69) is 10.6 Å². The molecule has 9 atom stereocenters. The van der Waals surface area contributed by atoms with Crippen LogP contribution in [0.25, 0.3) is 0 Å². The number of hydrogen-bond acceptors (Lipinski definition) is 9. The van der Waals surface area contributed by atoms with Crippen molar-refractivity contribution >= 4 is 29.6 Å². The second kappa shape index (κ2) is 21.2. The molecule has 1 aliphatic heterocycles. The molecule has 52 heavy (non-hydrogen) atoms. The average molecular weight is 732 g/mol. The molecule has 1 aromatic carbocycles. The lowest BCUT2D eigenvalue weighted by atomic mass is 9.90. The van der Waals surface area contributed by atoms with Crippen LogP contribution in [-0.2, 0) is 44.6 Å². The van der Waals surface area contributed by atoms with Gasteiger partial charge in [-0.2, -0.15) is 0 Å². The highest BCUT2D eigenvalue weighted by Crippen LogP contribution is 2.29. The number of likely N-dealkylation sites (N-methyl/N-ethyl adjacent to an activating group) is 2. The molecule has 0 spiro atoms. The third-order valence-corrected chi connectivity index (χ3v) is 10.5. The lowest BCUT2D eigenvalue weighted by Gasteiger charge is -2.40. The zero-order valence-corrected chi connectivity index (χ0v) is 33.5. The number of methoxy groups -OCH3 is 3. The van der Waals surface area contributed by atoms with Crippen LogP contribution in [-0.4, -0.2) is 136 Å². The maximum Gasteiger partial charge on any atom is 0.328 e. The highest BCUT2D eigenvalue weighted by Gasteiger charge is 2.43. The minimum absolute atomic E-state index is 0.00885. The van der Waals surface area contributed by atoms with E-state index in [-0.39, 0.29) is 54.3 Å². The first-order chi connectivity index (χ1) is 24.5. The molecular formula is C39H65N5O8. The van der Waals surface area contributed by atoms with Crippen LogP contribution in [0.1, 0.15) is 72.8 Å². The molecule has 1 heterocycles. The normalized spacial score (nSPS) is 19.2. The molecule has 0 saturated carbocycles. The Balaban J connectivity index is 2.22. The van der Waals surface area contributed by atoms with E-state index in [1.807, 2.05) is 77.0 Å². The molecule has 1 fully saturated rings. The molecule has 1 aromatic rings. The number of hydrogen-bond donors (Lipinski definition) is 2. The van der Waals surface area contributed by atoms with Crippen molar-refractivity contribution in [3.05, 3.63) is 35.9 Å². The predicted molar refractivity (Wildman–Crippen MR) is 200 cm³/mol. The number of likely N-dealkylation sites (tertiary alicyclic amines) is 1. The maximum atomic E-state index is 14.1. The van der Waals surface area contributed by atoms with Gasteiger partial charge in [0.2, 0.25) is 23.6 Å². The molecule has 294 valence electrons. The fourth-order valence-corrected chi connectivity index (χ4v) is 7.59. The van der Waals surface area contributed by atoms with Crippen LogP contribution in [0.5, 0.6) is 0 Å². The number of carbonyl (C=O) groups excluding carboxylic acids is 5. The second-order valence-electron chi connectivity index (χ2n) is 14.7. The summed E-state index contributed by atoms with van der Waals surface area (Å²) in [6.07, 6.45) is 1.10. The molecule has 0 unspecified atom stereocenters. The Hall–Kier alpha value is -3.55. The Morgan fingerprint density at radius 1 is 0.904 bits per heavy atom. The fraction of sp³-hybridized carbons (Fsp3) is 0.718. The minimum Gasteiger partial charge on any atom is -0.467 e. The Morgan fingerprint density at radius 2 is 1.54 bits per heavy atom. The first-order valence-corrected chi connectivity index (χ1v) is 18.5. The SMILES string of the molecule is CC[C@H](C)[C@@H]([C@@H](CC(=O)N1CCC[C@H]1[C@H](OC)[C@@H](C)C(=O)N[C@@H](Cc1ccccc1)C(=O)OC)OC)N(C)C(=O)[C@H](C)NC(=O)[C@H](C(C)C)N(C)C. The average Bonchev–Trinajstić information content (AvgIpc) is 3.60. The molecular weight excluding hydrogens is 666 g/mol. The van der Waals surface area contributed by atoms with Gasteiger partial charge in [0.05, 0.1) is 49.8 Å². The van der Waals surface area contributed by atoms with Gasteiger partial charge in [-0.3, -0.25) is 24.1 Å². The third-order valence-electron chi connectivity index (χ3n) is 10.5. The van der Waals surface area contributed by atoms with Crippen LogP contribution >= 0.6 is 0 Å². The summed E-state index contributed by atoms with van der Waals surface area (Å²) in [5.74, 6) is -2.26. The zero-order valence-electron chi connectivity index (χ0n) is 33.5. The van der Waals surface area contributed by atoms with E-state index < -0.39 is 48.3 Å². The Morgan fingerprint density at radius 3 is 2.06 bits per heavy atom. The summed E-state index contributed by atoms with van der Waals surface area (Å²) in [6, 6.07) is 6.46. The van der Waals surface area contributed by atoms with Crippen LogP contribution in [0.15, 0.2) is 30.3 Å². The Labute approximate surface area is 311 Å². The van der Waals surface area contributed by atoms with Gasteiger partial charge < -0.3 is 34.6 Å². The number of ether oxygens (including phenoxy) is 3.